The molecule has 0 saturated carbocycles. The Labute approximate surface area is 192 Å². The molecule has 0 N–H and O–H groups in total. The Morgan fingerprint density at radius 2 is 1.97 bits per heavy atom. The summed E-state index contributed by atoms with van der Waals surface area (Å²) in [7, 11) is 0. The highest BCUT2D eigenvalue weighted by molar-refractivity contribution is 8.14. The molecule has 8 heteroatoms. The van der Waals surface area contributed by atoms with Gasteiger partial charge in [0.2, 0.25) is 17.0 Å². The van der Waals surface area contributed by atoms with Crippen LogP contribution in [-0.4, -0.2) is 46.9 Å². The molecule has 0 aliphatic carbocycles. The number of hydrogen-bond acceptors (Lipinski definition) is 6. The van der Waals surface area contributed by atoms with Crippen molar-refractivity contribution < 1.29 is 9.53 Å². The van der Waals surface area contributed by atoms with Crippen LogP contribution in [-0.2, 0) is 4.79 Å². The highest BCUT2D eigenvalue weighted by Gasteiger charge is 2.22. The van der Waals surface area contributed by atoms with E-state index >= 15 is 0 Å². The summed E-state index contributed by atoms with van der Waals surface area (Å²) in [4.78, 5) is 19.3. The Bertz CT molecular complexity index is 961. The molecule has 1 heterocycles. The number of amidine groups is 1. The molecule has 0 aromatic heterocycles. The van der Waals surface area contributed by atoms with E-state index in [9.17, 15) is 4.79 Å². The van der Waals surface area contributed by atoms with E-state index in [0.717, 1.165) is 5.69 Å². The second kappa shape index (κ2) is 11.0. The highest BCUT2D eigenvalue weighted by atomic mass is 35.5. The number of thioether (sulfide) groups is 1. The summed E-state index contributed by atoms with van der Waals surface area (Å²) in [6.07, 6.45) is 1.76. The van der Waals surface area contributed by atoms with E-state index in [4.69, 9.17) is 16.3 Å². The molecule has 31 heavy (non-hydrogen) atoms. The lowest BCUT2D eigenvalue weighted by Crippen LogP contribution is -2.38. The molecule has 6 nitrogen and oxygen atoms in total. The van der Waals surface area contributed by atoms with Gasteiger partial charge in [0.25, 0.3) is 0 Å². The van der Waals surface area contributed by atoms with Gasteiger partial charge in [-0.05, 0) is 50.2 Å². The van der Waals surface area contributed by atoms with Crippen LogP contribution in [0.1, 0.15) is 13.8 Å². The van der Waals surface area contributed by atoms with Crippen LogP contribution >= 0.6 is 23.4 Å². The normalized spacial score (nSPS) is 13.5. The second-order valence-electron chi connectivity index (χ2n) is 7.06. The average Bonchev–Trinajstić information content (AvgIpc) is 2.75. The number of rotatable bonds is 7. The van der Waals surface area contributed by atoms with Crippen LogP contribution < -0.4 is 9.64 Å². The number of halogens is 1. The van der Waals surface area contributed by atoms with E-state index in [-0.39, 0.29) is 17.7 Å². The Kier molecular flexibility index (Phi) is 8.14. The number of hydrogen-bond donors (Lipinski definition) is 0. The highest BCUT2D eigenvalue weighted by Crippen LogP contribution is 2.21. The van der Waals surface area contributed by atoms with E-state index < -0.39 is 0 Å². The van der Waals surface area contributed by atoms with Gasteiger partial charge in [-0.15, -0.1) is 11.7 Å². The van der Waals surface area contributed by atoms with Crippen LogP contribution in [0.2, 0.25) is 5.02 Å². The minimum absolute atomic E-state index is 0.00915. The molecule has 2 aromatic carbocycles. The molecule has 1 amide bonds. The van der Waals surface area contributed by atoms with E-state index in [1.54, 1.807) is 40.3 Å². The van der Waals surface area contributed by atoms with Gasteiger partial charge in [0.15, 0.2) is 0 Å². The van der Waals surface area contributed by atoms with Gasteiger partial charge in [-0.25, -0.2) is 0 Å². The summed E-state index contributed by atoms with van der Waals surface area (Å²) >= 11 is 7.23. The molecular weight excluding hydrogens is 432 g/mol. The summed E-state index contributed by atoms with van der Waals surface area (Å²) in [6, 6.07) is 16.8. The largest absolute Gasteiger partial charge is 0.441 e. The van der Waals surface area contributed by atoms with Gasteiger partial charge in [0, 0.05) is 16.8 Å². The van der Waals surface area contributed by atoms with Gasteiger partial charge in [0.1, 0.15) is 12.3 Å². The molecule has 0 radical (unpaired) electrons. The summed E-state index contributed by atoms with van der Waals surface area (Å²) in [5.74, 6) is 1.34. The molecule has 3 rings (SSSR count). The Morgan fingerprint density at radius 3 is 2.61 bits per heavy atom. The minimum Gasteiger partial charge on any atom is -0.441 e. The van der Waals surface area contributed by atoms with Gasteiger partial charge >= 0.3 is 0 Å². The summed E-state index contributed by atoms with van der Waals surface area (Å²) in [5, 5.41) is 7.42. The van der Waals surface area contributed by atoms with Crippen LogP contribution in [0, 0.1) is 0 Å². The minimum atomic E-state index is -0.00915. The second-order valence-corrected chi connectivity index (χ2v) is 8.44. The first kappa shape index (κ1) is 22.9. The maximum atomic E-state index is 13.0. The number of benzene rings is 2. The predicted octanol–water partition coefficient (Wildman–Crippen LogP) is 5.06. The molecule has 0 saturated heterocycles. The lowest BCUT2D eigenvalue weighted by molar-refractivity contribution is -0.116. The number of aliphatic imine (C=N–C) groups is 1. The quantitative estimate of drug-likeness (QED) is 0.546. The predicted molar refractivity (Wildman–Crippen MR) is 130 cm³/mol. The number of carbonyl (C=O) groups is 1. The molecule has 0 fully saturated rings. The third kappa shape index (κ3) is 6.60. The van der Waals surface area contributed by atoms with Gasteiger partial charge < -0.3 is 9.64 Å². The Hall–Kier alpha value is -2.77. The van der Waals surface area contributed by atoms with Crippen LogP contribution in [0.25, 0.3) is 0 Å². The van der Waals surface area contributed by atoms with E-state index in [2.05, 4.69) is 16.7 Å². The van der Waals surface area contributed by atoms with Crippen molar-refractivity contribution in [2.75, 3.05) is 23.7 Å². The van der Waals surface area contributed by atoms with Crippen molar-refractivity contribution in [2.24, 2.45) is 10.1 Å². The van der Waals surface area contributed by atoms with Gasteiger partial charge in [-0.2, -0.15) is 4.99 Å². The zero-order valence-corrected chi connectivity index (χ0v) is 19.1. The molecule has 0 bridgehead atoms. The maximum Gasteiger partial charge on any atom is 0.237 e. The number of anilines is 1. The van der Waals surface area contributed by atoms with Crippen LogP contribution in [0.4, 0.5) is 5.69 Å². The van der Waals surface area contributed by atoms with E-state index in [1.807, 2.05) is 44.2 Å². The zero-order chi connectivity index (χ0) is 22.2. The molecule has 0 unspecified atom stereocenters. The third-order valence-corrected chi connectivity index (χ3v) is 5.37. The van der Waals surface area contributed by atoms with Crippen molar-refractivity contribution in [3.8, 4) is 5.75 Å². The summed E-state index contributed by atoms with van der Waals surface area (Å²) < 4.78 is 5.90. The first-order valence-corrected chi connectivity index (χ1v) is 11.3. The monoisotopic (exact) mass is 456 g/mol. The maximum absolute atomic E-state index is 13.0. The zero-order valence-electron chi connectivity index (χ0n) is 17.6. The standard InChI is InChI=1S/C23H25ClN4O2S/c1-4-14-27-15-21(30-20-12-10-18(24)11-13-20)25-23(26-27)31-16-22(29)28(17(2)3)19-8-6-5-7-9-19/h4-13,17H,1,14-16H2,2-3H3. The summed E-state index contributed by atoms with van der Waals surface area (Å²) in [6.45, 7) is 8.72. The Morgan fingerprint density at radius 1 is 1.26 bits per heavy atom. The fourth-order valence-corrected chi connectivity index (χ4v) is 3.86. The number of para-hydroxylation sites is 1. The lowest BCUT2D eigenvalue weighted by atomic mass is 10.2. The van der Waals surface area contributed by atoms with Gasteiger partial charge in [0.05, 0.1) is 12.3 Å². The topological polar surface area (TPSA) is 57.5 Å². The van der Waals surface area contributed by atoms with E-state index in [0.29, 0.717) is 34.9 Å². The molecule has 1 aliphatic heterocycles. The van der Waals surface area contributed by atoms with Gasteiger partial charge in [-0.3, -0.25) is 9.80 Å². The van der Waals surface area contributed by atoms with Crippen molar-refractivity contribution in [2.45, 2.75) is 19.9 Å². The molecule has 0 spiro atoms. The summed E-state index contributed by atoms with van der Waals surface area (Å²) in [5.41, 5.74) is 0.872. The fourth-order valence-electron chi connectivity index (χ4n) is 3.00. The lowest BCUT2D eigenvalue weighted by Gasteiger charge is -2.27. The average molecular weight is 457 g/mol. The Balaban J connectivity index is 1.71. The first-order chi connectivity index (χ1) is 15.0. The molecule has 2 aromatic rings. The van der Waals surface area contributed by atoms with Crippen LogP contribution in [0.5, 0.6) is 5.75 Å². The fraction of sp³-hybridized carbons (Fsp3) is 0.261. The molecule has 0 atom stereocenters. The number of amides is 1. The van der Waals surface area contributed by atoms with Crippen molar-refractivity contribution in [3.05, 3.63) is 72.3 Å². The van der Waals surface area contributed by atoms with Gasteiger partial charge in [-0.1, -0.05) is 47.6 Å². The third-order valence-electron chi connectivity index (χ3n) is 4.30. The number of ether oxygens (including phenoxy) is 1. The molecule has 1 aliphatic rings. The number of hydrazone groups is 1. The SMILES string of the molecule is C=CCN1CC(Oc2ccc(Cl)cc2)=NC(SCC(=O)N(c2ccccc2)C(C)C)=N1. The molecular formula is C23H25ClN4O2S. The van der Waals surface area contributed by atoms with Crippen molar-refractivity contribution >= 4 is 46.0 Å². The van der Waals surface area contributed by atoms with Crippen molar-refractivity contribution in [1.82, 2.24) is 5.01 Å². The van der Waals surface area contributed by atoms with E-state index in [1.165, 1.54) is 11.8 Å². The van der Waals surface area contributed by atoms with Crippen LogP contribution in [0.15, 0.2) is 77.3 Å². The molecule has 162 valence electrons. The number of carbonyl (C=O) groups excluding carboxylic acids is 1. The van der Waals surface area contributed by atoms with Crippen LogP contribution in [0.3, 0.4) is 0 Å². The smallest absolute Gasteiger partial charge is 0.237 e. The van der Waals surface area contributed by atoms with Crippen molar-refractivity contribution in [1.29, 1.82) is 0 Å². The first-order valence-electron chi connectivity index (χ1n) is 9.91. The van der Waals surface area contributed by atoms with Crippen molar-refractivity contribution in [3.63, 3.8) is 0 Å². The number of nitrogens with zero attached hydrogens (tertiary/aromatic N) is 4.